The van der Waals surface area contributed by atoms with E-state index >= 15 is 0 Å². The Labute approximate surface area is 219 Å². The lowest BCUT2D eigenvalue weighted by Gasteiger charge is -2.19. The van der Waals surface area contributed by atoms with Gasteiger partial charge in [0.05, 0.1) is 34.2 Å². The van der Waals surface area contributed by atoms with Crippen LogP contribution in [0.5, 0.6) is 0 Å². The normalized spacial score (nSPS) is 16.0. The van der Waals surface area contributed by atoms with Crippen molar-refractivity contribution >= 4 is 33.6 Å². The first kappa shape index (κ1) is 24.6. The summed E-state index contributed by atoms with van der Waals surface area (Å²) in [7, 11) is 0. The van der Waals surface area contributed by atoms with E-state index in [1.165, 1.54) is 0 Å². The van der Waals surface area contributed by atoms with Gasteiger partial charge in [-0.1, -0.05) is 11.3 Å². The van der Waals surface area contributed by atoms with E-state index in [-0.39, 0.29) is 18.0 Å². The molecule has 37 heavy (non-hydrogen) atoms. The molecule has 1 unspecified atom stereocenters. The van der Waals surface area contributed by atoms with Gasteiger partial charge in [-0.15, -0.1) is 10.2 Å². The summed E-state index contributed by atoms with van der Waals surface area (Å²) < 4.78 is 1.79. The average Bonchev–Trinajstić information content (AvgIpc) is 3.46. The van der Waals surface area contributed by atoms with Gasteiger partial charge in [-0.05, 0) is 57.4 Å². The summed E-state index contributed by atoms with van der Waals surface area (Å²) in [5.41, 5.74) is 4.79. The molecule has 0 radical (unpaired) electrons. The van der Waals surface area contributed by atoms with Crippen molar-refractivity contribution in [3.05, 3.63) is 42.2 Å². The van der Waals surface area contributed by atoms with Gasteiger partial charge in [0.1, 0.15) is 6.07 Å². The van der Waals surface area contributed by atoms with Crippen molar-refractivity contribution in [2.24, 2.45) is 0 Å². The van der Waals surface area contributed by atoms with E-state index in [2.05, 4.69) is 50.7 Å². The third-order valence-corrected chi connectivity index (χ3v) is 7.31. The van der Waals surface area contributed by atoms with Gasteiger partial charge in [-0.2, -0.15) is 10.4 Å². The highest BCUT2D eigenvalue weighted by Gasteiger charge is 2.22. The fraction of sp³-hybridized carbons (Fsp3) is 0.385. The Morgan fingerprint density at radius 3 is 2.84 bits per heavy atom. The number of nitriles is 1. The quantitative estimate of drug-likeness (QED) is 0.393. The minimum Gasteiger partial charge on any atom is -0.382 e. The molecule has 1 amide bonds. The number of carbonyl (C=O) groups excluding carboxylic acids is 1. The Bertz CT molecular complexity index is 1470. The molecule has 0 aromatic carbocycles. The van der Waals surface area contributed by atoms with Crippen molar-refractivity contribution in [2.45, 2.75) is 52.1 Å². The zero-order valence-corrected chi connectivity index (χ0v) is 21.9. The largest absolute Gasteiger partial charge is 0.382 e. The lowest BCUT2D eigenvalue weighted by atomic mass is 10.1. The van der Waals surface area contributed by atoms with Crippen LogP contribution in [0.3, 0.4) is 0 Å². The van der Waals surface area contributed by atoms with Crippen molar-refractivity contribution in [1.82, 2.24) is 30.1 Å². The molecule has 4 aromatic heterocycles. The van der Waals surface area contributed by atoms with Crippen molar-refractivity contribution in [3.63, 3.8) is 0 Å². The van der Waals surface area contributed by atoms with Crippen LogP contribution in [-0.2, 0) is 4.79 Å². The van der Waals surface area contributed by atoms with E-state index in [0.29, 0.717) is 5.56 Å². The van der Waals surface area contributed by atoms with Crippen LogP contribution in [0.15, 0.2) is 36.7 Å². The summed E-state index contributed by atoms with van der Waals surface area (Å²) in [6, 6.07) is 10.3. The predicted octanol–water partition coefficient (Wildman–Crippen LogP) is 4.10. The summed E-state index contributed by atoms with van der Waals surface area (Å²) >= 11 is 1.56. The third-order valence-electron chi connectivity index (χ3n) is 6.29. The van der Waals surface area contributed by atoms with Gasteiger partial charge in [0.2, 0.25) is 11.0 Å². The highest BCUT2D eigenvalue weighted by atomic mass is 32.1. The number of fused-ring (bicyclic) bond motifs is 1. The number of amides is 1. The van der Waals surface area contributed by atoms with Gasteiger partial charge in [-0.25, -0.2) is 4.52 Å². The molecule has 190 valence electrons. The van der Waals surface area contributed by atoms with Gasteiger partial charge in [0.15, 0.2) is 5.01 Å². The van der Waals surface area contributed by atoms with Crippen molar-refractivity contribution in [3.8, 4) is 28.0 Å². The van der Waals surface area contributed by atoms with E-state index in [9.17, 15) is 10.1 Å². The standard InChI is InChI=1S/C26H29N9OS/c1-16(2)30-22-12-23(24-7-6-20-11-18(13-27)14-29-35(20)24)28-15-21(22)25-32-33-26(37-25)34-9-4-5-19(8-10-34)31-17(3)36/h6-7,11-12,14-16,19H,4-5,8-10H2,1-3H3,(H,28,30)(H,31,36). The first-order valence-electron chi connectivity index (χ1n) is 12.4. The molecule has 1 aliphatic rings. The molecule has 0 bridgehead atoms. The fourth-order valence-electron chi connectivity index (χ4n) is 4.62. The van der Waals surface area contributed by atoms with Crippen molar-refractivity contribution in [2.75, 3.05) is 23.3 Å². The van der Waals surface area contributed by atoms with Crippen molar-refractivity contribution < 1.29 is 4.79 Å². The number of hydrogen-bond donors (Lipinski definition) is 2. The van der Waals surface area contributed by atoms with Crippen molar-refractivity contribution in [1.29, 1.82) is 5.26 Å². The lowest BCUT2D eigenvalue weighted by Crippen LogP contribution is -2.34. The van der Waals surface area contributed by atoms with Crippen LogP contribution in [-0.4, -0.2) is 55.9 Å². The molecule has 10 nitrogen and oxygen atoms in total. The maximum absolute atomic E-state index is 11.5. The van der Waals surface area contributed by atoms with Crippen LogP contribution in [0, 0.1) is 11.3 Å². The predicted molar refractivity (Wildman–Crippen MR) is 144 cm³/mol. The molecule has 5 rings (SSSR count). The number of nitrogens with zero attached hydrogens (tertiary/aromatic N) is 7. The van der Waals surface area contributed by atoms with E-state index in [1.807, 2.05) is 30.5 Å². The average molecular weight is 516 g/mol. The number of aromatic nitrogens is 5. The van der Waals surface area contributed by atoms with Crippen LogP contribution in [0.1, 0.15) is 45.6 Å². The SMILES string of the molecule is CC(=O)NC1CCCN(c2nnc(-c3cnc(-c4ccc5cc(C#N)cnn45)cc3NC(C)C)s2)CC1. The van der Waals surface area contributed by atoms with E-state index < -0.39 is 0 Å². The van der Waals surface area contributed by atoms with Gasteiger partial charge in [0.25, 0.3) is 0 Å². The molecule has 0 saturated carbocycles. The smallest absolute Gasteiger partial charge is 0.217 e. The molecule has 1 fully saturated rings. The first-order chi connectivity index (χ1) is 17.9. The summed E-state index contributed by atoms with van der Waals surface area (Å²) in [4.78, 5) is 18.5. The Morgan fingerprint density at radius 2 is 2.05 bits per heavy atom. The molecule has 5 heterocycles. The molecule has 2 N–H and O–H groups in total. The molecule has 1 saturated heterocycles. The van der Waals surface area contributed by atoms with Gasteiger partial charge in [0, 0.05) is 44.0 Å². The maximum atomic E-state index is 11.5. The van der Waals surface area contributed by atoms with E-state index in [0.717, 1.165) is 70.6 Å². The number of carbonyl (C=O) groups is 1. The fourth-order valence-corrected chi connectivity index (χ4v) is 5.54. The molecule has 1 aliphatic heterocycles. The zero-order chi connectivity index (χ0) is 25.9. The number of nitrogens with one attached hydrogen (secondary N) is 2. The maximum Gasteiger partial charge on any atom is 0.217 e. The molecule has 1 atom stereocenters. The van der Waals surface area contributed by atoms with Crippen LogP contribution < -0.4 is 15.5 Å². The Kier molecular flexibility index (Phi) is 7.01. The topological polar surface area (TPSA) is 124 Å². The molecule has 0 aliphatic carbocycles. The third kappa shape index (κ3) is 5.39. The van der Waals surface area contributed by atoms with Crippen LogP contribution >= 0.6 is 11.3 Å². The van der Waals surface area contributed by atoms with Crippen LogP contribution in [0.25, 0.3) is 27.5 Å². The molecule has 11 heteroatoms. The Balaban J connectivity index is 1.43. The van der Waals surface area contributed by atoms with Gasteiger partial charge in [-0.3, -0.25) is 9.78 Å². The molecule has 0 spiro atoms. The number of anilines is 2. The van der Waals surface area contributed by atoms with E-state index in [1.54, 1.807) is 29.0 Å². The minimum atomic E-state index is 0.0219. The van der Waals surface area contributed by atoms with Crippen LogP contribution in [0.4, 0.5) is 10.8 Å². The monoisotopic (exact) mass is 515 g/mol. The van der Waals surface area contributed by atoms with E-state index in [4.69, 9.17) is 4.98 Å². The Morgan fingerprint density at radius 1 is 1.19 bits per heavy atom. The molecular weight excluding hydrogens is 486 g/mol. The summed E-state index contributed by atoms with van der Waals surface area (Å²) in [5, 5.41) is 30.9. The first-order valence-corrected chi connectivity index (χ1v) is 13.2. The second kappa shape index (κ2) is 10.5. The van der Waals surface area contributed by atoms with Crippen LogP contribution in [0.2, 0.25) is 0 Å². The summed E-state index contributed by atoms with van der Waals surface area (Å²) in [5.74, 6) is 0.0219. The number of rotatable bonds is 6. The number of hydrogen-bond acceptors (Lipinski definition) is 9. The highest BCUT2D eigenvalue weighted by molar-refractivity contribution is 7.18. The highest BCUT2D eigenvalue weighted by Crippen LogP contribution is 2.36. The zero-order valence-electron chi connectivity index (χ0n) is 21.1. The minimum absolute atomic E-state index is 0.0219. The number of pyridine rings is 1. The van der Waals surface area contributed by atoms with Gasteiger partial charge < -0.3 is 15.5 Å². The molecular formula is C26H29N9OS. The molecule has 4 aromatic rings. The second-order valence-corrected chi connectivity index (χ2v) is 10.5. The Hall–Kier alpha value is -4.04. The summed E-state index contributed by atoms with van der Waals surface area (Å²) in [6.07, 6.45) is 6.24. The summed E-state index contributed by atoms with van der Waals surface area (Å²) in [6.45, 7) is 7.48. The lowest BCUT2D eigenvalue weighted by molar-refractivity contribution is -0.119. The second-order valence-electron chi connectivity index (χ2n) is 9.53. The van der Waals surface area contributed by atoms with Gasteiger partial charge >= 0.3 is 0 Å².